The Hall–Kier alpha value is -2.41. The van der Waals surface area contributed by atoms with Gasteiger partial charge in [-0.15, -0.1) is 0 Å². The zero-order valence-corrected chi connectivity index (χ0v) is 14.3. The maximum atomic E-state index is 11.9. The second-order valence-electron chi connectivity index (χ2n) is 5.80. The van der Waals surface area contributed by atoms with Crippen molar-refractivity contribution in [2.24, 2.45) is 5.92 Å². The molecule has 0 aromatic heterocycles. The highest BCUT2D eigenvalue weighted by molar-refractivity contribution is 5.89. The Balaban J connectivity index is 1.84. The Labute approximate surface area is 146 Å². The minimum atomic E-state index is -0.673. The molecule has 0 N–H and O–H groups in total. The zero-order chi connectivity index (χ0) is 18.2. The lowest BCUT2D eigenvalue weighted by Gasteiger charge is -2.17. The fraction of sp³-hybridized carbons (Fsp3) is 0.500. The molecule has 1 heterocycles. The highest BCUT2D eigenvalue weighted by atomic mass is 16.7. The lowest BCUT2D eigenvalue weighted by atomic mass is 10.00. The van der Waals surface area contributed by atoms with E-state index < -0.39 is 18.2 Å². The van der Waals surface area contributed by atoms with Gasteiger partial charge in [-0.05, 0) is 12.1 Å². The van der Waals surface area contributed by atoms with Gasteiger partial charge in [0.2, 0.25) is 6.29 Å². The highest BCUT2D eigenvalue weighted by Crippen LogP contribution is 2.30. The van der Waals surface area contributed by atoms with Crippen LogP contribution in [0.2, 0.25) is 0 Å². The smallest absolute Gasteiger partial charge is 0.338 e. The third-order valence-corrected chi connectivity index (χ3v) is 3.79. The molecule has 25 heavy (non-hydrogen) atoms. The Kier molecular flexibility index (Phi) is 6.94. The van der Waals surface area contributed by atoms with E-state index in [-0.39, 0.29) is 31.2 Å². The second kappa shape index (κ2) is 9.17. The van der Waals surface area contributed by atoms with Gasteiger partial charge < -0.3 is 18.9 Å². The zero-order valence-electron chi connectivity index (χ0n) is 14.3. The monoisotopic (exact) mass is 350 g/mol. The molecule has 0 radical (unpaired) electrons. The fourth-order valence-corrected chi connectivity index (χ4v) is 2.65. The molecule has 7 nitrogen and oxygen atoms in total. The van der Waals surface area contributed by atoms with Gasteiger partial charge in [0.1, 0.15) is 0 Å². The number of carbonyl (C=O) groups is 3. The van der Waals surface area contributed by atoms with Crippen molar-refractivity contribution < 1.29 is 33.3 Å². The number of ether oxygens (including phenoxy) is 4. The largest absolute Gasteiger partial charge is 0.465 e. The number of rotatable bonds is 7. The van der Waals surface area contributed by atoms with E-state index in [2.05, 4.69) is 0 Å². The average Bonchev–Trinajstić information content (AvgIpc) is 2.94. The standard InChI is InChI=1S/C18H22O7/c1-12(19)23-11-15-10-17(24-13(2)20)25-16(15)8-9-22-18(21)14-6-4-3-5-7-14/h3-7,15-17H,8-11H2,1-2H3/t15-,16-,17?/m1/s1. The van der Waals surface area contributed by atoms with Gasteiger partial charge in [-0.1, -0.05) is 18.2 Å². The van der Waals surface area contributed by atoms with Crippen LogP contribution in [0.15, 0.2) is 30.3 Å². The highest BCUT2D eigenvalue weighted by Gasteiger charge is 2.37. The van der Waals surface area contributed by atoms with E-state index in [9.17, 15) is 14.4 Å². The summed E-state index contributed by atoms with van der Waals surface area (Å²) in [7, 11) is 0. The van der Waals surface area contributed by atoms with Crippen LogP contribution in [0.25, 0.3) is 0 Å². The molecule has 0 bridgehead atoms. The van der Waals surface area contributed by atoms with E-state index in [1.807, 2.05) is 6.07 Å². The third-order valence-electron chi connectivity index (χ3n) is 3.79. The minimum Gasteiger partial charge on any atom is -0.465 e. The Morgan fingerprint density at radius 3 is 2.44 bits per heavy atom. The maximum Gasteiger partial charge on any atom is 0.338 e. The first-order chi connectivity index (χ1) is 12.0. The van der Waals surface area contributed by atoms with Gasteiger partial charge in [0, 0.05) is 32.6 Å². The predicted octanol–water partition coefficient (Wildman–Crippen LogP) is 2.09. The number of hydrogen-bond acceptors (Lipinski definition) is 7. The lowest BCUT2D eigenvalue weighted by Crippen LogP contribution is -2.24. The normalized spacial score (nSPS) is 22.2. The van der Waals surface area contributed by atoms with Crippen LogP contribution in [0.3, 0.4) is 0 Å². The number of benzene rings is 1. The van der Waals surface area contributed by atoms with Crippen LogP contribution >= 0.6 is 0 Å². The SMILES string of the molecule is CC(=O)OC[C@H]1CC(OC(C)=O)O[C@@H]1CCOC(=O)c1ccccc1. The van der Waals surface area contributed by atoms with Crippen LogP contribution in [-0.2, 0) is 28.5 Å². The molecular weight excluding hydrogens is 328 g/mol. The number of esters is 3. The summed E-state index contributed by atoms with van der Waals surface area (Å²) in [5.41, 5.74) is 0.476. The fourth-order valence-electron chi connectivity index (χ4n) is 2.65. The van der Waals surface area contributed by atoms with Crippen LogP contribution in [0, 0.1) is 5.92 Å². The number of hydrogen-bond donors (Lipinski definition) is 0. The van der Waals surface area contributed by atoms with E-state index >= 15 is 0 Å². The van der Waals surface area contributed by atoms with Crippen LogP contribution in [0.4, 0.5) is 0 Å². The third kappa shape index (κ3) is 6.19. The van der Waals surface area contributed by atoms with E-state index in [1.54, 1.807) is 24.3 Å². The van der Waals surface area contributed by atoms with Crippen LogP contribution in [0.1, 0.15) is 37.0 Å². The summed E-state index contributed by atoms with van der Waals surface area (Å²) in [6.07, 6.45) is -0.146. The van der Waals surface area contributed by atoms with Crippen molar-refractivity contribution in [3.63, 3.8) is 0 Å². The van der Waals surface area contributed by atoms with Crippen molar-refractivity contribution in [3.8, 4) is 0 Å². The molecule has 0 aliphatic carbocycles. The van der Waals surface area contributed by atoms with Gasteiger partial charge in [-0.3, -0.25) is 9.59 Å². The molecule has 0 spiro atoms. The lowest BCUT2D eigenvalue weighted by molar-refractivity contribution is -0.173. The van der Waals surface area contributed by atoms with Crippen LogP contribution in [-0.4, -0.2) is 43.5 Å². The molecule has 1 aliphatic rings. The molecule has 136 valence electrons. The van der Waals surface area contributed by atoms with Crippen LogP contribution in [0.5, 0.6) is 0 Å². The van der Waals surface area contributed by atoms with E-state index in [0.29, 0.717) is 18.4 Å². The van der Waals surface area contributed by atoms with Gasteiger partial charge in [0.25, 0.3) is 0 Å². The van der Waals surface area contributed by atoms with E-state index in [1.165, 1.54) is 13.8 Å². The Morgan fingerprint density at radius 2 is 1.80 bits per heavy atom. The molecule has 3 atom stereocenters. The first kappa shape index (κ1) is 18.9. The maximum absolute atomic E-state index is 11.9. The van der Waals surface area contributed by atoms with Crippen molar-refractivity contribution in [1.29, 1.82) is 0 Å². The average molecular weight is 350 g/mol. The first-order valence-corrected chi connectivity index (χ1v) is 8.14. The summed E-state index contributed by atoms with van der Waals surface area (Å²) in [5.74, 6) is -1.35. The summed E-state index contributed by atoms with van der Waals surface area (Å²) < 4.78 is 21.0. The van der Waals surface area contributed by atoms with E-state index in [0.717, 1.165) is 0 Å². The molecule has 1 saturated heterocycles. The number of carbonyl (C=O) groups excluding carboxylic acids is 3. The van der Waals surface area contributed by atoms with Gasteiger partial charge >= 0.3 is 17.9 Å². The summed E-state index contributed by atoms with van der Waals surface area (Å²) in [5, 5.41) is 0. The van der Waals surface area contributed by atoms with Crippen molar-refractivity contribution in [1.82, 2.24) is 0 Å². The van der Waals surface area contributed by atoms with Crippen molar-refractivity contribution >= 4 is 17.9 Å². The van der Waals surface area contributed by atoms with Gasteiger partial charge in [-0.2, -0.15) is 0 Å². The molecule has 1 aliphatic heterocycles. The quantitative estimate of drug-likeness (QED) is 0.549. The molecule has 1 unspecified atom stereocenters. The molecular formula is C18H22O7. The Morgan fingerprint density at radius 1 is 1.08 bits per heavy atom. The molecule has 0 saturated carbocycles. The van der Waals surface area contributed by atoms with Crippen LogP contribution < -0.4 is 0 Å². The van der Waals surface area contributed by atoms with E-state index in [4.69, 9.17) is 18.9 Å². The van der Waals surface area contributed by atoms with Crippen molar-refractivity contribution in [3.05, 3.63) is 35.9 Å². The molecule has 7 heteroatoms. The summed E-state index contributed by atoms with van der Waals surface area (Å²) >= 11 is 0. The minimum absolute atomic E-state index is 0.122. The van der Waals surface area contributed by atoms with Crippen molar-refractivity contribution in [2.75, 3.05) is 13.2 Å². The molecule has 2 rings (SSSR count). The molecule has 0 amide bonds. The summed E-state index contributed by atoms with van der Waals surface area (Å²) in [6.45, 7) is 2.96. The summed E-state index contributed by atoms with van der Waals surface area (Å²) in [4.78, 5) is 34.0. The molecule has 1 fully saturated rings. The van der Waals surface area contributed by atoms with Gasteiger partial charge in [0.05, 0.1) is 24.9 Å². The second-order valence-corrected chi connectivity index (χ2v) is 5.80. The molecule has 1 aromatic rings. The van der Waals surface area contributed by atoms with Gasteiger partial charge in [-0.25, -0.2) is 4.79 Å². The Bertz CT molecular complexity index is 599. The van der Waals surface area contributed by atoms with Crippen molar-refractivity contribution in [2.45, 2.75) is 39.1 Å². The van der Waals surface area contributed by atoms with Gasteiger partial charge in [0.15, 0.2) is 0 Å². The summed E-state index contributed by atoms with van der Waals surface area (Å²) in [6, 6.07) is 8.69. The predicted molar refractivity (Wildman–Crippen MR) is 86.5 cm³/mol. The topological polar surface area (TPSA) is 88.1 Å². The first-order valence-electron chi connectivity index (χ1n) is 8.14. The molecule has 1 aromatic carbocycles.